The number of nitrogens with zero attached hydrogens (tertiary/aromatic N) is 2. The number of hydrogen-bond acceptors (Lipinski definition) is 3. The molecule has 136 valence electrons. The summed E-state index contributed by atoms with van der Waals surface area (Å²) < 4.78 is 5.50. The molecule has 0 saturated carbocycles. The van der Waals surface area contributed by atoms with E-state index >= 15 is 0 Å². The van der Waals surface area contributed by atoms with Crippen molar-refractivity contribution < 1.29 is 14.3 Å². The van der Waals surface area contributed by atoms with Gasteiger partial charge < -0.3 is 14.5 Å². The number of fused-ring (bicyclic) bond motifs is 1. The van der Waals surface area contributed by atoms with Crippen LogP contribution in [0, 0.1) is 0 Å². The SMILES string of the molecule is CCCC[C@@H]1C(=O)N(C)CCN1C(=O)c1cc2c(cc1OC)CCC2. The molecular formula is C20H28N2O3. The second-order valence-electron chi connectivity index (χ2n) is 7.09. The first-order chi connectivity index (χ1) is 12.1. The van der Waals surface area contributed by atoms with Crippen LogP contribution in [0.25, 0.3) is 0 Å². The monoisotopic (exact) mass is 344 g/mol. The average molecular weight is 344 g/mol. The van der Waals surface area contributed by atoms with E-state index in [1.165, 1.54) is 11.1 Å². The maximum atomic E-state index is 13.3. The van der Waals surface area contributed by atoms with Gasteiger partial charge in [0, 0.05) is 20.1 Å². The highest BCUT2D eigenvalue weighted by atomic mass is 16.5. The van der Waals surface area contributed by atoms with Crippen LogP contribution in [0.1, 0.15) is 54.1 Å². The third kappa shape index (κ3) is 3.37. The molecule has 0 spiro atoms. The van der Waals surface area contributed by atoms with Crippen LogP contribution in [0.3, 0.4) is 0 Å². The minimum Gasteiger partial charge on any atom is -0.496 e. The zero-order valence-corrected chi connectivity index (χ0v) is 15.5. The number of aryl methyl sites for hydroxylation is 2. The molecule has 0 radical (unpaired) electrons. The van der Waals surface area contributed by atoms with Crippen LogP contribution in [-0.2, 0) is 17.6 Å². The molecule has 1 fully saturated rings. The molecule has 2 amide bonds. The molecule has 1 saturated heterocycles. The summed E-state index contributed by atoms with van der Waals surface area (Å²) in [6.45, 7) is 3.27. The van der Waals surface area contributed by atoms with E-state index in [4.69, 9.17) is 4.74 Å². The molecule has 1 heterocycles. The number of carbonyl (C=O) groups excluding carboxylic acids is 2. The second kappa shape index (κ2) is 7.46. The molecule has 0 bridgehead atoms. The lowest BCUT2D eigenvalue weighted by Crippen LogP contribution is -2.57. The number of rotatable bonds is 5. The highest BCUT2D eigenvalue weighted by Gasteiger charge is 2.37. The second-order valence-corrected chi connectivity index (χ2v) is 7.09. The number of piperazine rings is 1. The Labute approximate surface area is 149 Å². The van der Waals surface area contributed by atoms with Gasteiger partial charge in [-0.25, -0.2) is 0 Å². The maximum absolute atomic E-state index is 13.3. The van der Waals surface area contributed by atoms with Crippen molar-refractivity contribution in [2.45, 2.75) is 51.5 Å². The van der Waals surface area contributed by atoms with Gasteiger partial charge in [0.05, 0.1) is 12.7 Å². The van der Waals surface area contributed by atoms with Crippen molar-refractivity contribution in [3.05, 3.63) is 28.8 Å². The normalized spacial score (nSPS) is 20.0. The molecule has 1 aromatic rings. The quantitative estimate of drug-likeness (QED) is 0.825. The number of hydrogen-bond donors (Lipinski definition) is 0. The lowest BCUT2D eigenvalue weighted by atomic mass is 10.0. The van der Waals surface area contributed by atoms with E-state index in [1.807, 2.05) is 19.2 Å². The number of benzene rings is 1. The van der Waals surface area contributed by atoms with Crippen LogP contribution in [0.4, 0.5) is 0 Å². The Bertz CT molecular complexity index is 671. The third-order valence-electron chi connectivity index (χ3n) is 5.45. The van der Waals surface area contributed by atoms with Crippen molar-refractivity contribution in [3.8, 4) is 5.75 Å². The molecule has 5 heteroatoms. The van der Waals surface area contributed by atoms with E-state index in [-0.39, 0.29) is 17.9 Å². The Morgan fingerprint density at radius 3 is 2.64 bits per heavy atom. The van der Waals surface area contributed by atoms with E-state index in [0.717, 1.165) is 38.5 Å². The average Bonchev–Trinajstić information content (AvgIpc) is 3.08. The molecule has 5 nitrogen and oxygen atoms in total. The molecule has 1 aliphatic heterocycles. The summed E-state index contributed by atoms with van der Waals surface area (Å²) in [6.07, 6.45) is 5.86. The van der Waals surface area contributed by atoms with E-state index in [2.05, 4.69) is 6.92 Å². The van der Waals surface area contributed by atoms with Crippen molar-refractivity contribution in [1.29, 1.82) is 0 Å². The van der Waals surface area contributed by atoms with Crippen LogP contribution in [0.15, 0.2) is 12.1 Å². The summed E-state index contributed by atoms with van der Waals surface area (Å²) in [7, 11) is 3.43. The van der Waals surface area contributed by atoms with Gasteiger partial charge in [-0.3, -0.25) is 9.59 Å². The van der Waals surface area contributed by atoms with E-state index < -0.39 is 0 Å². The molecule has 0 N–H and O–H groups in total. The highest BCUT2D eigenvalue weighted by Crippen LogP contribution is 2.31. The summed E-state index contributed by atoms with van der Waals surface area (Å²) in [6, 6.07) is 3.64. The van der Waals surface area contributed by atoms with E-state index in [1.54, 1.807) is 16.9 Å². The lowest BCUT2D eigenvalue weighted by Gasteiger charge is -2.39. The van der Waals surface area contributed by atoms with Crippen LogP contribution in [-0.4, -0.2) is 54.9 Å². The van der Waals surface area contributed by atoms with Gasteiger partial charge in [-0.05, 0) is 48.9 Å². The highest BCUT2D eigenvalue weighted by molar-refractivity contribution is 6.00. The fourth-order valence-electron chi connectivity index (χ4n) is 3.92. The Balaban J connectivity index is 1.91. The first-order valence-corrected chi connectivity index (χ1v) is 9.32. The van der Waals surface area contributed by atoms with Gasteiger partial charge in [-0.15, -0.1) is 0 Å². The molecule has 3 rings (SSSR count). The molecule has 0 aromatic heterocycles. The van der Waals surface area contributed by atoms with Crippen molar-refractivity contribution in [1.82, 2.24) is 9.80 Å². The Morgan fingerprint density at radius 1 is 1.24 bits per heavy atom. The van der Waals surface area contributed by atoms with Crippen molar-refractivity contribution in [2.75, 3.05) is 27.2 Å². The Hall–Kier alpha value is -2.04. The Morgan fingerprint density at radius 2 is 1.96 bits per heavy atom. The smallest absolute Gasteiger partial charge is 0.258 e. The number of unbranched alkanes of at least 4 members (excludes halogenated alkanes) is 1. The molecule has 1 aromatic carbocycles. The number of likely N-dealkylation sites (N-methyl/N-ethyl adjacent to an activating group) is 1. The fraction of sp³-hybridized carbons (Fsp3) is 0.600. The van der Waals surface area contributed by atoms with Gasteiger partial charge in [0.25, 0.3) is 5.91 Å². The predicted molar refractivity (Wildman–Crippen MR) is 97.0 cm³/mol. The van der Waals surface area contributed by atoms with Gasteiger partial charge in [0.2, 0.25) is 5.91 Å². The zero-order valence-electron chi connectivity index (χ0n) is 15.5. The molecule has 25 heavy (non-hydrogen) atoms. The van der Waals surface area contributed by atoms with Crippen molar-refractivity contribution >= 4 is 11.8 Å². The van der Waals surface area contributed by atoms with Gasteiger partial charge >= 0.3 is 0 Å². The molecule has 2 aliphatic rings. The summed E-state index contributed by atoms with van der Waals surface area (Å²) in [5.74, 6) is 0.605. The number of ether oxygens (including phenoxy) is 1. The maximum Gasteiger partial charge on any atom is 0.258 e. The van der Waals surface area contributed by atoms with Gasteiger partial charge in [-0.1, -0.05) is 19.8 Å². The van der Waals surface area contributed by atoms with E-state index in [0.29, 0.717) is 24.4 Å². The molecular weight excluding hydrogens is 316 g/mol. The molecule has 1 aliphatic carbocycles. The molecule has 1 atom stereocenters. The predicted octanol–water partition coefficient (Wildman–Crippen LogP) is 2.66. The van der Waals surface area contributed by atoms with Crippen LogP contribution < -0.4 is 4.74 Å². The first kappa shape index (κ1) is 17.8. The standard InChI is InChI=1S/C20H28N2O3/c1-4-5-9-17-20(24)21(2)10-11-22(17)19(23)16-12-14-7-6-8-15(14)13-18(16)25-3/h12-13,17H,4-11H2,1-3H3/t17-/m1/s1. The summed E-state index contributed by atoms with van der Waals surface area (Å²) >= 11 is 0. The largest absolute Gasteiger partial charge is 0.496 e. The van der Waals surface area contributed by atoms with Gasteiger partial charge in [-0.2, -0.15) is 0 Å². The number of methoxy groups -OCH3 is 1. The van der Waals surface area contributed by atoms with Crippen LogP contribution >= 0.6 is 0 Å². The lowest BCUT2D eigenvalue weighted by molar-refractivity contribution is -0.138. The van der Waals surface area contributed by atoms with E-state index in [9.17, 15) is 9.59 Å². The van der Waals surface area contributed by atoms with Gasteiger partial charge in [0.15, 0.2) is 0 Å². The van der Waals surface area contributed by atoms with Crippen LogP contribution in [0.5, 0.6) is 5.75 Å². The van der Waals surface area contributed by atoms with Crippen molar-refractivity contribution in [2.24, 2.45) is 0 Å². The minimum atomic E-state index is -0.357. The van der Waals surface area contributed by atoms with Crippen LogP contribution in [0.2, 0.25) is 0 Å². The van der Waals surface area contributed by atoms with Crippen molar-refractivity contribution in [3.63, 3.8) is 0 Å². The number of carbonyl (C=O) groups is 2. The minimum absolute atomic E-state index is 0.0492. The third-order valence-corrected chi connectivity index (χ3v) is 5.45. The first-order valence-electron chi connectivity index (χ1n) is 9.32. The molecule has 0 unspecified atom stereocenters. The fourth-order valence-corrected chi connectivity index (χ4v) is 3.92. The summed E-state index contributed by atoms with van der Waals surface area (Å²) in [5, 5.41) is 0. The Kier molecular flexibility index (Phi) is 5.30. The zero-order chi connectivity index (χ0) is 18.0. The summed E-state index contributed by atoms with van der Waals surface area (Å²) in [4.78, 5) is 29.4. The topological polar surface area (TPSA) is 49.9 Å². The van der Waals surface area contributed by atoms with Gasteiger partial charge in [0.1, 0.15) is 11.8 Å². The number of amides is 2. The summed E-state index contributed by atoms with van der Waals surface area (Å²) in [5.41, 5.74) is 3.13.